The summed E-state index contributed by atoms with van der Waals surface area (Å²) in [6, 6.07) is 0.754. The van der Waals surface area contributed by atoms with Crippen LogP contribution in [0.2, 0.25) is 0 Å². The van der Waals surface area contributed by atoms with Crippen molar-refractivity contribution in [2.24, 2.45) is 5.73 Å². The van der Waals surface area contributed by atoms with E-state index in [1.807, 2.05) is 0 Å². The van der Waals surface area contributed by atoms with Gasteiger partial charge in [0, 0.05) is 6.04 Å². The smallest absolute Gasteiger partial charge is 0.00958 e. The van der Waals surface area contributed by atoms with E-state index in [0.717, 1.165) is 12.6 Å². The first-order valence-electron chi connectivity index (χ1n) is 5.64. The van der Waals surface area contributed by atoms with E-state index in [-0.39, 0.29) is 0 Å². The van der Waals surface area contributed by atoms with Crippen LogP contribution in [0.3, 0.4) is 0 Å². The number of hydrogen-bond donors (Lipinski definition) is 1. The third kappa shape index (κ3) is 3.65. The Morgan fingerprint density at radius 1 is 1.31 bits per heavy atom. The molecule has 1 saturated heterocycles. The lowest BCUT2D eigenvalue weighted by Gasteiger charge is -2.34. The third-order valence-corrected chi connectivity index (χ3v) is 2.98. The summed E-state index contributed by atoms with van der Waals surface area (Å²) < 4.78 is 0. The molecule has 0 amide bonds. The average molecular weight is 183 g/mol. The number of nitrogens with two attached hydrogens (primary N) is 1. The van der Waals surface area contributed by atoms with E-state index in [9.17, 15) is 0 Å². The second-order valence-corrected chi connectivity index (χ2v) is 3.92. The summed E-state index contributed by atoms with van der Waals surface area (Å²) in [6.45, 7) is 5.61. The number of likely N-dealkylation sites (tertiary alicyclic amines) is 1. The van der Waals surface area contributed by atoms with E-state index in [4.69, 9.17) is 5.73 Å². The van der Waals surface area contributed by atoms with Crippen molar-refractivity contribution in [3.8, 4) is 0 Å². The minimum atomic E-state index is 0.727. The molecule has 0 aromatic carbocycles. The van der Waals surface area contributed by atoms with Gasteiger partial charge in [-0.1, -0.05) is 13.3 Å². The van der Waals surface area contributed by atoms with Crippen molar-refractivity contribution in [1.82, 2.24) is 4.90 Å². The molecule has 1 aliphatic heterocycles. The maximum absolute atomic E-state index is 5.49. The van der Waals surface area contributed by atoms with Crippen molar-refractivity contribution < 1.29 is 0 Å². The van der Waals surface area contributed by atoms with Crippen LogP contribution in [0.15, 0.2) is 0 Å². The first kappa shape index (κ1) is 11.0. The predicted molar refractivity (Wildman–Crippen MR) is 57.5 cm³/mol. The molecule has 2 heteroatoms. The van der Waals surface area contributed by atoms with E-state index < -0.39 is 0 Å². The Morgan fingerprint density at radius 2 is 2.00 bits per heavy atom. The van der Waals surface area contributed by atoms with Crippen LogP contribution in [0.25, 0.3) is 0 Å². The molecule has 1 radical (unpaired) electrons. The maximum Gasteiger partial charge on any atom is 0.00958 e. The first-order valence-corrected chi connectivity index (χ1v) is 5.64. The summed E-state index contributed by atoms with van der Waals surface area (Å²) in [4.78, 5) is 2.63. The molecule has 1 fully saturated rings. The van der Waals surface area contributed by atoms with Gasteiger partial charge in [0.1, 0.15) is 0 Å². The molecule has 1 aliphatic rings. The van der Waals surface area contributed by atoms with Crippen LogP contribution in [0, 0.1) is 6.42 Å². The molecule has 13 heavy (non-hydrogen) atoms. The van der Waals surface area contributed by atoms with Gasteiger partial charge in [-0.25, -0.2) is 0 Å². The zero-order valence-corrected chi connectivity index (χ0v) is 8.84. The molecule has 0 bridgehead atoms. The van der Waals surface area contributed by atoms with Crippen molar-refractivity contribution in [3.05, 3.63) is 6.42 Å². The molecule has 0 aromatic rings. The number of nitrogens with zero attached hydrogens (tertiary/aromatic N) is 1. The summed E-state index contributed by atoms with van der Waals surface area (Å²) in [6.07, 6.45) is 8.85. The molecule has 1 rings (SSSR count). The lowest BCUT2D eigenvalue weighted by Crippen LogP contribution is -2.39. The van der Waals surface area contributed by atoms with Crippen LogP contribution in [0.1, 0.15) is 39.0 Å². The molecule has 1 atom stereocenters. The standard InChI is InChI=1S/C11H23N2/c1-2-11(7-6-8-12)13-9-4-3-5-10-13/h6,11H,2-5,7-10,12H2,1H3. The van der Waals surface area contributed by atoms with Gasteiger partial charge in [-0.2, -0.15) is 0 Å². The fourth-order valence-electron chi connectivity index (χ4n) is 2.15. The van der Waals surface area contributed by atoms with Gasteiger partial charge in [0.05, 0.1) is 0 Å². The summed E-state index contributed by atoms with van der Waals surface area (Å²) >= 11 is 0. The largest absolute Gasteiger partial charge is 0.330 e. The molecule has 2 N–H and O–H groups in total. The first-order chi connectivity index (χ1) is 6.38. The second-order valence-electron chi connectivity index (χ2n) is 3.92. The molecule has 0 spiro atoms. The van der Waals surface area contributed by atoms with Crippen molar-refractivity contribution in [2.75, 3.05) is 19.6 Å². The molecule has 1 unspecified atom stereocenters. The van der Waals surface area contributed by atoms with Gasteiger partial charge in [0.2, 0.25) is 0 Å². The molecule has 0 aliphatic carbocycles. The summed E-state index contributed by atoms with van der Waals surface area (Å²) in [7, 11) is 0. The van der Waals surface area contributed by atoms with Crippen LogP contribution in [0.4, 0.5) is 0 Å². The highest BCUT2D eigenvalue weighted by atomic mass is 15.2. The third-order valence-electron chi connectivity index (χ3n) is 2.98. The van der Waals surface area contributed by atoms with Gasteiger partial charge in [-0.3, -0.25) is 0 Å². The molecule has 77 valence electrons. The van der Waals surface area contributed by atoms with E-state index in [1.165, 1.54) is 45.2 Å². The molecule has 1 heterocycles. The van der Waals surface area contributed by atoms with E-state index in [0.29, 0.717) is 0 Å². The molecular weight excluding hydrogens is 160 g/mol. The SMILES string of the molecule is CCC(C[CH]CN)N1CCCCC1. The van der Waals surface area contributed by atoms with Gasteiger partial charge in [0.15, 0.2) is 0 Å². The van der Waals surface area contributed by atoms with Gasteiger partial charge < -0.3 is 10.6 Å². The Balaban J connectivity index is 2.26. The molecule has 0 aromatic heterocycles. The minimum Gasteiger partial charge on any atom is -0.330 e. The Kier molecular flexibility index (Phi) is 5.40. The predicted octanol–water partition coefficient (Wildman–Crippen LogP) is 1.80. The highest BCUT2D eigenvalue weighted by Gasteiger charge is 2.17. The van der Waals surface area contributed by atoms with Crippen molar-refractivity contribution in [2.45, 2.75) is 45.1 Å². The number of hydrogen-bond acceptors (Lipinski definition) is 2. The minimum absolute atomic E-state index is 0.727. The second kappa shape index (κ2) is 6.39. The quantitative estimate of drug-likeness (QED) is 0.704. The monoisotopic (exact) mass is 183 g/mol. The van der Waals surface area contributed by atoms with Gasteiger partial charge >= 0.3 is 0 Å². The Labute approximate surface area is 82.5 Å². The Bertz CT molecular complexity index is 119. The summed E-state index contributed by atoms with van der Waals surface area (Å²) in [5, 5.41) is 0. The van der Waals surface area contributed by atoms with Crippen molar-refractivity contribution in [3.63, 3.8) is 0 Å². The Hall–Kier alpha value is -0.0800. The summed E-state index contributed by atoms with van der Waals surface area (Å²) in [5.74, 6) is 0. The van der Waals surface area contributed by atoms with E-state index in [2.05, 4.69) is 18.2 Å². The van der Waals surface area contributed by atoms with Crippen molar-refractivity contribution in [1.29, 1.82) is 0 Å². The van der Waals surface area contributed by atoms with E-state index >= 15 is 0 Å². The zero-order valence-electron chi connectivity index (χ0n) is 8.84. The van der Waals surface area contributed by atoms with Gasteiger partial charge in [0.25, 0.3) is 0 Å². The fraction of sp³-hybridized carbons (Fsp3) is 0.909. The van der Waals surface area contributed by atoms with Crippen LogP contribution in [-0.2, 0) is 0 Å². The average Bonchev–Trinajstić information content (AvgIpc) is 2.21. The summed E-state index contributed by atoms with van der Waals surface area (Å²) in [5.41, 5.74) is 5.49. The topological polar surface area (TPSA) is 29.3 Å². The van der Waals surface area contributed by atoms with Crippen LogP contribution < -0.4 is 5.73 Å². The lowest BCUT2D eigenvalue weighted by atomic mass is 10.0. The van der Waals surface area contributed by atoms with Crippen molar-refractivity contribution >= 4 is 0 Å². The maximum atomic E-state index is 5.49. The number of piperidine rings is 1. The zero-order chi connectivity index (χ0) is 9.52. The highest BCUT2D eigenvalue weighted by molar-refractivity contribution is 4.80. The molecule has 0 saturated carbocycles. The number of rotatable bonds is 5. The van der Waals surface area contributed by atoms with Gasteiger partial charge in [-0.05, 0) is 51.7 Å². The molecular formula is C11H23N2. The highest BCUT2D eigenvalue weighted by Crippen LogP contribution is 2.16. The molecule has 2 nitrogen and oxygen atoms in total. The van der Waals surface area contributed by atoms with Crippen LogP contribution in [0.5, 0.6) is 0 Å². The normalized spacial score (nSPS) is 21.7. The Morgan fingerprint density at radius 3 is 2.54 bits per heavy atom. The van der Waals surface area contributed by atoms with Gasteiger partial charge in [-0.15, -0.1) is 0 Å². The van der Waals surface area contributed by atoms with E-state index in [1.54, 1.807) is 0 Å². The lowest BCUT2D eigenvalue weighted by molar-refractivity contribution is 0.157. The van der Waals surface area contributed by atoms with Crippen LogP contribution in [-0.4, -0.2) is 30.6 Å². The van der Waals surface area contributed by atoms with Crippen LogP contribution >= 0.6 is 0 Å². The fourth-order valence-corrected chi connectivity index (χ4v) is 2.15.